The first-order valence-corrected chi connectivity index (χ1v) is 25.6. The van der Waals surface area contributed by atoms with Gasteiger partial charge in [-0.15, -0.1) is 0 Å². The molecular weight excluding hydrogens is 877 g/mol. The number of nitrogens with two attached hydrogens (primary N) is 1. The number of hydrogen-bond donors (Lipinski definition) is 12. The molecule has 3 heterocycles. The Labute approximate surface area is 399 Å². The molecule has 68 heavy (non-hydrogen) atoms. The van der Waals surface area contributed by atoms with Gasteiger partial charge in [0, 0.05) is 35.9 Å². The minimum atomic E-state index is -1.67. The summed E-state index contributed by atoms with van der Waals surface area (Å²) in [6.07, 6.45) is 2.92. The number of carboxylic acid groups (broad SMARTS) is 1. The number of fused-ring (bicyclic) bond motifs is 8. The van der Waals surface area contributed by atoms with Gasteiger partial charge in [-0.25, -0.2) is 4.98 Å². The molecular formula is C51H80N4O13. The Bertz CT molecular complexity index is 2060. The summed E-state index contributed by atoms with van der Waals surface area (Å²) < 4.78 is 12.5. The van der Waals surface area contributed by atoms with Crippen molar-refractivity contribution in [2.24, 2.45) is 85.6 Å². The highest BCUT2D eigenvalue weighted by Gasteiger charge is 2.76. The van der Waals surface area contributed by atoms with Crippen LogP contribution >= 0.6 is 0 Å². The van der Waals surface area contributed by atoms with Crippen LogP contribution in [0.3, 0.4) is 0 Å². The van der Waals surface area contributed by atoms with E-state index in [-0.39, 0.29) is 61.6 Å². The topological polar surface area (TPSA) is 301 Å². The normalized spacial score (nSPS) is 50.7. The van der Waals surface area contributed by atoms with Gasteiger partial charge in [-0.2, -0.15) is 0 Å². The van der Waals surface area contributed by atoms with E-state index in [1.165, 1.54) is 5.57 Å². The maximum Gasteiger partial charge on any atom is 0.310 e. The number of nitrogens with one attached hydrogen (secondary N) is 2. The first kappa shape index (κ1) is 50.4. The van der Waals surface area contributed by atoms with Crippen LogP contribution in [0.15, 0.2) is 24.2 Å². The van der Waals surface area contributed by atoms with Gasteiger partial charge in [0.05, 0.1) is 49.7 Å². The molecule has 17 heteroatoms. The third-order valence-corrected chi connectivity index (χ3v) is 21.5. The third-order valence-electron chi connectivity index (χ3n) is 21.5. The zero-order valence-corrected chi connectivity index (χ0v) is 40.5. The molecule has 23 atom stereocenters. The van der Waals surface area contributed by atoms with Gasteiger partial charge in [-0.3, -0.25) is 9.59 Å². The Kier molecular flexibility index (Phi) is 13.3. The molecule has 1 aromatic heterocycles. The summed E-state index contributed by atoms with van der Waals surface area (Å²) in [5.74, 6) is -4.34. The van der Waals surface area contributed by atoms with Crippen LogP contribution in [-0.2, 0) is 19.1 Å². The summed E-state index contributed by atoms with van der Waals surface area (Å²) >= 11 is 0. The number of carbonyl (C=O) groups is 2. The van der Waals surface area contributed by atoms with Crippen molar-refractivity contribution in [1.82, 2.24) is 15.3 Å². The molecule has 1 amide bonds. The Morgan fingerprint density at radius 2 is 1.69 bits per heavy atom. The standard InChI is InChI=1S/C51H80N4O13/c1-46(22-57)16-26-8-6-7-25-17-51(26,45(65)66)32(18-46)30-10-11-36-48(3,50(25,30)5)14-13-35-47(2,23-58)42(68-44-41(63)40(62)34(59)21-67-44)39(61)31(49(35,36)4)15-28-29(20-56)43(64)55-38(28)27(9-12-37(52)60)33-19-53-24-54-33/h10,19,24-29,31-32,34-42,44,56-63H,6-9,11-18,20-23,52H2,1-5H3,(H,53,54)(H,55,64)(H,65,66). The van der Waals surface area contributed by atoms with Crippen LogP contribution in [-0.4, -0.2) is 143 Å². The monoisotopic (exact) mass is 957 g/mol. The lowest BCUT2D eigenvalue weighted by molar-refractivity contribution is -0.341. The average molecular weight is 957 g/mol. The second kappa shape index (κ2) is 17.9. The largest absolute Gasteiger partial charge is 0.481 e. The fraction of sp³-hybridized carbons (Fsp3) is 0.863. The number of imidazole rings is 1. The van der Waals surface area contributed by atoms with E-state index >= 15 is 0 Å². The van der Waals surface area contributed by atoms with Gasteiger partial charge in [-0.05, 0) is 134 Å². The number of rotatable bonds is 13. The van der Waals surface area contributed by atoms with Crippen molar-refractivity contribution in [3.63, 3.8) is 0 Å². The van der Waals surface area contributed by atoms with E-state index < -0.39 is 124 Å². The second-order valence-corrected chi connectivity index (χ2v) is 24.4. The Balaban J connectivity index is 1.20. The predicted molar refractivity (Wildman–Crippen MR) is 245 cm³/mol. The number of aliphatic carboxylic acids is 1. The number of aromatic amines is 1. The number of H-pyrrole nitrogens is 1. The van der Waals surface area contributed by atoms with Gasteiger partial charge in [-0.1, -0.05) is 52.7 Å². The number of aromatic nitrogens is 2. The summed E-state index contributed by atoms with van der Waals surface area (Å²) in [6, 6.07) is -0.586. The molecule has 9 rings (SSSR count). The molecule has 0 spiro atoms. The molecule has 8 aliphatic rings. The summed E-state index contributed by atoms with van der Waals surface area (Å²) in [6.45, 7) is 9.79. The number of allylic oxidation sites excluding steroid dienone is 2. The van der Waals surface area contributed by atoms with E-state index in [1.807, 2.05) is 6.92 Å². The van der Waals surface area contributed by atoms with Crippen LogP contribution in [0.1, 0.15) is 123 Å². The highest BCUT2D eigenvalue weighted by Crippen LogP contribution is 2.79. The number of aliphatic hydroxyl groups is 8. The SMILES string of the molecule is CC1(CO)CC2CCCC3CC2(C(=O)O)C(C1)C1=CCC2C4(C)C(CC5C(CO)C(=O)NC5C(CCC(N)O)c5cnc[nH]5)C(O)C(OC5OCC(O)C(O)C5O)C(C)(CO)C4CCC2(C)C13C. The first-order chi connectivity index (χ1) is 32.1. The van der Waals surface area contributed by atoms with E-state index in [4.69, 9.17) is 15.2 Å². The number of ether oxygens (including phenoxy) is 2. The summed E-state index contributed by atoms with van der Waals surface area (Å²) in [5, 5.41) is 104. The van der Waals surface area contributed by atoms with E-state index in [2.05, 4.69) is 49.1 Å². The van der Waals surface area contributed by atoms with Crippen molar-refractivity contribution in [2.45, 2.75) is 167 Å². The quantitative estimate of drug-likeness (QED) is 0.0766. The molecule has 23 unspecified atom stereocenters. The average Bonchev–Trinajstić information content (AvgIpc) is 3.89. The molecule has 2 saturated heterocycles. The predicted octanol–water partition coefficient (Wildman–Crippen LogP) is 2.15. The molecule has 0 aromatic carbocycles. The molecule has 0 radical (unpaired) electrons. The fourth-order valence-electron chi connectivity index (χ4n) is 18.0. The maximum atomic E-state index is 14.1. The zero-order chi connectivity index (χ0) is 49.1. The van der Waals surface area contributed by atoms with Gasteiger partial charge >= 0.3 is 5.97 Å². The lowest BCUT2D eigenvalue weighted by Crippen LogP contribution is -2.73. The van der Waals surface area contributed by atoms with E-state index in [0.29, 0.717) is 38.5 Å². The number of aliphatic hydroxyl groups excluding tert-OH is 8. The lowest BCUT2D eigenvalue weighted by Gasteiger charge is -2.75. The van der Waals surface area contributed by atoms with E-state index in [1.54, 1.807) is 12.5 Å². The van der Waals surface area contributed by atoms with Crippen LogP contribution in [0.2, 0.25) is 0 Å². The van der Waals surface area contributed by atoms with Crippen molar-refractivity contribution in [1.29, 1.82) is 0 Å². The number of carboxylic acids is 1. The van der Waals surface area contributed by atoms with Crippen molar-refractivity contribution in [3.8, 4) is 0 Å². The van der Waals surface area contributed by atoms with Gasteiger partial charge in [0.1, 0.15) is 24.5 Å². The van der Waals surface area contributed by atoms with Crippen LogP contribution in [0.5, 0.6) is 0 Å². The van der Waals surface area contributed by atoms with Gasteiger partial charge in [0.2, 0.25) is 5.91 Å². The van der Waals surface area contributed by atoms with Gasteiger partial charge < -0.3 is 71.5 Å². The van der Waals surface area contributed by atoms with Crippen LogP contribution < -0.4 is 11.1 Å². The number of hydrogen-bond acceptors (Lipinski definition) is 14. The lowest BCUT2D eigenvalue weighted by atomic mass is 9.30. The second-order valence-electron chi connectivity index (χ2n) is 24.4. The summed E-state index contributed by atoms with van der Waals surface area (Å²) in [4.78, 5) is 35.5. The van der Waals surface area contributed by atoms with Gasteiger partial charge in [0.25, 0.3) is 0 Å². The number of carbonyl (C=O) groups excluding carboxylic acids is 1. The van der Waals surface area contributed by atoms with Crippen molar-refractivity contribution in [2.75, 3.05) is 26.4 Å². The van der Waals surface area contributed by atoms with Crippen LogP contribution in [0.25, 0.3) is 0 Å². The summed E-state index contributed by atoms with van der Waals surface area (Å²) in [7, 11) is 0. The van der Waals surface area contributed by atoms with E-state index in [9.17, 15) is 55.5 Å². The molecule has 5 saturated carbocycles. The van der Waals surface area contributed by atoms with Crippen molar-refractivity contribution in [3.05, 3.63) is 29.9 Å². The molecule has 7 fully saturated rings. The van der Waals surface area contributed by atoms with Crippen molar-refractivity contribution < 1.29 is 65.0 Å². The molecule has 1 aromatic rings. The first-order valence-electron chi connectivity index (χ1n) is 25.6. The molecule has 13 N–H and O–H groups in total. The number of amides is 1. The van der Waals surface area contributed by atoms with Crippen LogP contribution in [0.4, 0.5) is 0 Å². The fourth-order valence-corrected chi connectivity index (χ4v) is 18.0. The smallest absolute Gasteiger partial charge is 0.310 e. The van der Waals surface area contributed by atoms with E-state index in [0.717, 1.165) is 31.4 Å². The Morgan fingerprint density at radius 3 is 2.34 bits per heavy atom. The third kappa shape index (κ3) is 7.20. The minimum absolute atomic E-state index is 0.0177. The molecule has 17 nitrogen and oxygen atoms in total. The Morgan fingerprint density at radius 1 is 0.956 bits per heavy atom. The van der Waals surface area contributed by atoms with Gasteiger partial charge in [0.15, 0.2) is 6.29 Å². The summed E-state index contributed by atoms with van der Waals surface area (Å²) in [5.41, 5.74) is 3.56. The Hall–Kier alpha value is -2.55. The highest BCUT2D eigenvalue weighted by molar-refractivity contribution is 5.82. The minimum Gasteiger partial charge on any atom is -0.481 e. The molecule has 6 aliphatic carbocycles. The zero-order valence-electron chi connectivity index (χ0n) is 40.5. The van der Waals surface area contributed by atoms with Crippen molar-refractivity contribution >= 4 is 11.9 Å². The molecule has 382 valence electrons. The maximum absolute atomic E-state index is 14.1. The van der Waals surface area contributed by atoms with Crippen LogP contribution in [0, 0.1) is 79.8 Å². The highest BCUT2D eigenvalue weighted by atomic mass is 16.7. The molecule has 2 bridgehead atoms. The number of nitrogens with zero attached hydrogens (tertiary/aromatic N) is 1. The molecule has 2 aliphatic heterocycles.